The molecule has 1 heterocycles. The Kier molecular flexibility index (Phi) is 5.66. The van der Waals surface area contributed by atoms with Crippen LogP contribution in [0.25, 0.3) is 0 Å². The van der Waals surface area contributed by atoms with Gasteiger partial charge in [-0.2, -0.15) is 0 Å². The minimum absolute atomic E-state index is 0.0111. The zero-order valence-electron chi connectivity index (χ0n) is 11.4. The first-order valence-electron chi connectivity index (χ1n) is 6.55. The molecule has 1 unspecified atom stereocenters. The molecule has 2 N–H and O–H groups in total. The molecule has 0 spiro atoms. The molecule has 0 aliphatic rings. The summed E-state index contributed by atoms with van der Waals surface area (Å²) in [5.41, 5.74) is 1.77. The molecule has 0 fully saturated rings. The van der Waals surface area contributed by atoms with Gasteiger partial charge in [-0.3, -0.25) is 9.36 Å². The Morgan fingerprint density at radius 3 is 2.81 bits per heavy atom. The van der Waals surface area contributed by atoms with E-state index in [9.17, 15) is 9.36 Å². The number of aromatic nitrogens is 3. The van der Waals surface area contributed by atoms with Crippen LogP contribution in [0.4, 0.5) is 0 Å². The summed E-state index contributed by atoms with van der Waals surface area (Å²) in [6.07, 6.45) is 1.83. The van der Waals surface area contributed by atoms with Crippen LogP contribution in [0.5, 0.6) is 0 Å². The van der Waals surface area contributed by atoms with Crippen molar-refractivity contribution in [1.82, 2.24) is 20.3 Å². The average molecular weight is 308 g/mol. The Balaban J connectivity index is 1.80. The van der Waals surface area contributed by atoms with E-state index in [0.29, 0.717) is 12.2 Å². The van der Waals surface area contributed by atoms with Crippen LogP contribution in [0.1, 0.15) is 17.7 Å². The van der Waals surface area contributed by atoms with E-state index in [0.717, 1.165) is 5.56 Å². The summed E-state index contributed by atoms with van der Waals surface area (Å²) in [4.78, 5) is 20.1. The molecule has 1 amide bonds. The second-order valence-electron chi connectivity index (χ2n) is 4.56. The molecular weight excluding hydrogens is 291 g/mol. The molecule has 8 heteroatoms. The second kappa shape index (κ2) is 7.71. The SMILES string of the molecule is O=C(CC[PH](=O)O)NCc1cn(Cc2ccccc2)nn1. The van der Waals surface area contributed by atoms with E-state index >= 15 is 0 Å². The van der Waals surface area contributed by atoms with E-state index in [1.54, 1.807) is 10.9 Å². The van der Waals surface area contributed by atoms with E-state index in [1.807, 2.05) is 30.3 Å². The van der Waals surface area contributed by atoms with Crippen molar-refractivity contribution in [2.45, 2.75) is 19.5 Å². The zero-order valence-corrected chi connectivity index (χ0v) is 12.4. The number of carbonyl (C=O) groups is 1. The summed E-state index contributed by atoms with van der Waals surface area (Å²) in [6, 6.07) is 9.87. The molecule has 7 nitrogen and oxygen atoms in total. The lowest BCUT2D eigenvalue weighted by Crippen LogP contribution is -2.23. The van der Waals surface area contributed by atoms with Gasteiger partial charge in [-0.25, -0.2) is 4.68 Å². The van der Waals surface area contributed by atoms with Gasteiger partial charge in [-0.05, 0) is 5.56 Å². The zero-order chi connectivity index (χ0) is 15.1. The summed E-state index contributed by atoms with van der Waals surface area (Å²) >= 11 is 0. The van der Waals surface area contributed by atoms with Gasteiger partial charge >= 0.3 is 0 Å². The lowest BCUT2D eigenvalue weighted by molar-refractivity contribution is -0.120. The van der Waals surface area contributed by atoms with E-state index in [-0.39, 0.29) is 25.0 Å². The fraction of sp³-hybridized carbons (Fsp3) is 0.308. The fourth-order valence-corrected chi connectivity index (χ4v) is 2.21. The normalized spacial score (nSPS) is 12.0. The molecule has 0 bridgehead atoms. The molecular formula is C13H17N4O3P. The molecule has 0 saturated carbocycles. The Hall–Kier alpha value is -1.98. The third-order valence-corrected chi connectivity index (χ3v) is 3.48. The molecule has 0 aliphatic heterocycles. The molecule has 1 aromatic heterocycles. The Labute approximate surface area is 122 Å². The third kappa shape index (κ3) is 5.49. The van der Waals surface area contributed by atoms with E-state index in [4.69, 9.17) is 4.89 Å². The van der Waals surface area contributed by atoms with Crippen LogP contribution >= 0.6 is 8.03 Å². The van der Waals surface area contributed by atoms with Crippen LogP contribution in [-0.4, -0.2) is 32.0 Å². The predicted molar refractivity (Wildman–Crippen MR) is 78.1 cm³/mol. The van der Waals surface area contributed by atoms with Gasteiger partial charge in [0.1, 0.15) is 5.69 Å². The quantitative estimate of drug-likeness (QED) is 0.737. The first kappa shape index (κ1) is 15.4. The largest absolute Gasteiger partial charge is 0.350 e. The number of hydrogen-bond donors (Lipinski definition) is 2. The molecule has 2 aromatic rings. The molecule has 1 aromatic carbocycles. The average Bonchev–Trinajstić information content (AvgIpc) is 2.91. The summed E-state index contributed by atoms with van der Waals surface area (Å²) in [5, 5.41) is 10.6. The van der Waals surface area contributed by atoms with Crippen LogP contribution < -0.4 is 5.32 Å². The van der Waals surface area contributed by atoms with Crippen molar-refractivity contribution in [2.75, 3.05) is 6.16 Å². The standard InChI is InChI=1S/C13H17N4O3P/c18-13(6-7-21(19)20)14-8-12-10-17(16-15-12)9-11-4-2-1-3-5-11/h1-5,10,21H,6-9H2,(H,14,18)(H,19,20). The molecule has 112 valence electrons. The molecule has 0 aliphatic carbocycles. The lowest BCUT2D eigenvalue weighted by Gasteiger charge is -2.01. The van der Waals surface area contributed by atoms with Crippen molar-refractivity contribution in [3.8, 4) is 0 Å². The number of amides is 1. The minimum atomic E-state index is -2.58. The topological polar surface area (TPSA) is 97.1 Å². The van der Waals surface area contributed by atoms with Gasteiger partial charge in [0.25, 0.3) is 0 Å². The van der Waals surface area contributed by atoms with Crippen molar-refractivity contribution >= 4 is 13.9 Å². The van der Waals surface area contributed by atoms with Crippen molar-refractivity contribution in [2.24, 2.45) is 0 Å². The highest BCUT2D eigenvalue weighted by Gasteiger charge is 2.06. The van der Waals surface area contributed by atoms with Gasteiger partial charge in [0, 0.05) is 12.6 Å². The number of nitrogens with zero attached hydrogens (tertiary/aromatic N) is 3. The van der Waals surface area contributed by atoms with E-state index in [1.165, 1.54) is 0 Å². The third-order valence-electron chi connectivity index (χ3n) is 2.81. The monoisotopic (exact) mass is 308 g/mol. The number of benzene rings is 1. The fourth-order valence-electron chi connectivity index (χ4n) is 1.77. The predicted octanol–water partition coefficient (Wildman–Crippen LogP) is 0.800. The molecule has 0 saturated heterocycles. The van der Waals surface area contributed by atoms with E-state index < -0.39 is 8.03 Å². The number of carbonyl (C=O) groups excluding carboxylic acids is 1. The number of hydrogen-bond acceptors (Lipinski definition) is 4. The molecule has 0 radical (unpaired) electrons. The maximum absolute atomic E-state index is 11.4. The number of rotatable bonds is 7. The minimum Gasteiger partial charge on any atom is -0.350 e. The highest BCUT2D eigenvalue weighted by molar-refractivity contribution is 7.38. The first-order valence-corrected chi connectivity index (χ1v) is 8.11. The lowest BCUT2D eigenvalue weighted by atomic mass is 10.2. The van der Waals surface area contributed by atoms with Crippen LogP contribution in [0.2, 0.25) is 0 Å². The van der Waals surface area contributed by atoms with Crippen LogP contribution in [-0.2, 0) is 22.4 Å². The van der Waals surface area contributed by atoms with Gasteiger partial charge in [0.05, 0.1) is 19.3 Å². The van der Waals surface area contributed by atoms with E-state index in [2.05, 4.69) is 15.6 Å². The van der Waals surface area contributed by atoms with Gasteiger partial charge in [-0.15, -0.1) is 5.10 Å². The maximum Gasteiger partial charge on any atom is 0.220 e. The van der Waals surface area contributed by atoms with Crippen molar-refractivity contribution in [1.29, 1.82) is 0 Å². The summed E-state index contributed by atoms with van der Waals surface area (Å²) in [7, 11) is -2.58. The van der Waals surface area contributed by atoms with Crippen molar-refractivity contribution < 1.29 is 14.3 Å². The summed E-state index contributed by atoms with van der Waals surface area (Å²) < 4.78 is 12.2. The first-order chi connectivity index (χ1) is 10.1. The smallest absolute Gasteiger partial charge is 0.220 e. The van der Waals surface area contributed by atoms with Gasteiger partial charge in [-0.1, -0.05) is 35.5 Å². The molecule has 21 heavy (non-hydrogen) atoms. The van der Waals surface area contributed by atoms with Crippen LogP contribution in [0, 0.1) is 0 Å². The van der Waals surface area contributed by atoms with Crippen molar-refractivity contribution in [3.63, 3.8) is 0 Å². The Morgan fingerprint density at radius 1 is 1.33 bits per heavy atom. The Morgan fingerprint density at radius 2 is 2.10 bits per heavy atom. The summed E-state index contributed by atoms with van der Waals surface area (Å²) in [6.45, 7) is 0.883. The van der Waals surface area contributed by atoms with Gasteiger partial charge in [0.15, 0.2) is 8.03 Å². The molecule has 1 atom stereocenters. The highest BCUT2D eigenvalue weighted by atomic mass is 31.1. The number of nitrogens with one attached hydrogen (secondary N) is 1. The summed E-state index contributed by atoms with van der Waals surface area (Å²) in [5.74, 6) is -0.264. The maximum atomic E-state index is 11.4. The van der Waals surface area contributed by atoms with Crippen molar-refractivity contribution in [3.05, 3.63) is 47.8 Å². The van der Waals surface area contributed by atoms with Gasteiger partial charge < -0.3 is 10.2 Å². The molecule has 2 rings (SSSR count). The van der Waals surface area contributed by atoms with Gasteiger partial charge in [0.2, 0.25) is 5.91 Å². The Bertz CT molecular complexity index is 615. The van der Waals surface area contributed by atoms with Crippen LogP contribution in [0.3, 0.4) is 0 Å². The second-order valence-corrected chi connectivity index (χ2v) is 5.85. The van der Waals surface area contributed by atoms with Crippen LogP contribution in [0.15, 0.2) is 36.5 Å². The highest BCUT2D eigenvalue weighted by Crippen LogP contribution is 2.13.